The Kier molecular flexibility index (Phi) is 6.24. The minimum Gasteiger partial charge on any atom is -0.478 e. The van der Waals surface area contributed by atoms with E-state index in [-0.39, 0.29) is 17.3 Å². The van der Waals surface area contributed by atoms with Crippen LogP contribution in [0.4, 0.5) is 11.8 Å². The topological polar surface area (TPSA) is 189 Å². The third-order valence-corrected chi connectivity index (χ3v) is 6.12. The second kappa shape index (κ2) is 9.51. The average Bonchev–Trinajstić information content (AvgIpc) is 3.40. The maximum Gasteiger partial charge on any atom is 0.335 e. The van der Waals surface area contributed by atoms with Gasteiger partial charge in [0.15, 0.2) is 23.2 Å². The van der Waals surface area contributed by atoms with Crippen molar-refractivity contribution in [3.05, 3.63) is 66.0 Å². The van der Waals surface area contributed by atoms with Gasteiger partial charge in [-0.25, -0.2) is 19.7 Å². The molecule has 0 amide bonds. The number of carbonyl (C=O) groups is 1. The molecule has 0 spiro atoms. The highest BCUT2D eigenvalue weighted by Crippen LogP contribution is 2.35. The van der Waals surface area contributed by atoms with Crippen LogP contribution >= 0.6 is 0 Å². The zero-order valence-corrected chi connectivity index (χ0v) is 18.9. The number of nitrogens with one attached hydrogen (secondary N) is 1. The molecule has 3 heterocycles. The van der Waals surface area contributed by atoms with Crippen LogP contribution in [0.3, 0.4) is 0 Å². The van der Waals surface area contributed by atoms with Gasteiger partial charge in [0, 0.05) is 6.54 Å². The number of carboxylic acids is 1. The van der Waals surface area contributed by atoms with Crippen LogP contribution in [0, 0.1) is 0 Å². The van der Waals surface area contributed by atoms with Crippen molar-refractivity contribution in [1.82, 2.24) is 19.5 Å². The summed E-state index contributed by atoms with van der Waals surface area (Å²) in [5.41, 5.74) is 9.33. The number of hydrogen-bond donors (Lipinski definition) is 6. The first-order chi connectivity index (χ1) is 17.4. The minimum absolute atomic E-state index is 0.140. The number of aromatic carboxylic acids is 1. The minimum atomic E-state index is -1.34. The summed E-state index contributed by atoms with van der Waals surface area (Å²) < 4.78 is 7.19. The van der Waals surface area contributed by atoms with Crippen LogP contribution < -0.4 is 11.1 Å². The van der Waals surface area contributed by atoms with Crippen molar-refractivity contribution < 1.29 is 30.0 Å². The van der Waals surface area contributed by atoms with E-state index in [1.165, 1.54) is 10.9 Å². The molecule has 1 saturated heterocycles. The van der Waals surface area contributed by atoms with Gasteiger partial charge in [-0.05, 0) is 28.8 Å². The molecular formula is C24H24N6O6. The monoisotopic (exact) mass is 492 g/mol. The largest absolute Gasteiger partial charge is 0.478 e. The molecule has 0 bridgehead atoms. The van der Waals surface area contributed by atoms with Crippen molar-refractivity contribution in [2.24, 2.45) is 0 Å². The van der Waals surface area contributed by atoms with E-state index < -0.39 is 37.1 Å². The summed E-state index contributed by atoms with van der Waals surface area (Å²) in [6.07, 6.45) is -3.41. The molecule has 5 rings (SSSR count). The Balaban J connectivity index is 1.41. The van der Waals surface area contributed by atoms with Gasteiger partial charge >= 0.3 is 5.97 Å². The SMILES string of the molecule is Nc1ncnc2c1nc(NCc1ccc(-c3cccc(C(=O)O)c3)cc1)n2[C@@H]1O[C@H](CO)[C@@H](O)[C@H]1O. The quantitative estimate of drug-likeness (QED) is 0.216. The van der Waals surface area contributed by atoms with Gasteiger partial charge in [-0.15, -0.1) is 0 Å². The molecule has 12 heteroatoms. The number of anilines is 2. The predicted octanol–water partition coefficient (Wildman–Crippen LogP) is 0.997. The van der Waals surface area contributed by atoms with Crippen molar-refractivity contribution in [2.45, 2.75) is 31.1 Å². The zero-order chi connectivity index (χ0) is 25.4. The first-order valence-corrected chi connectivity index (χ1v) is 11.1. The number of ether oxygens (including phenoxy) is 1. The van der Waals surface area contributed by atoms with Crippen LogP contribution in [0.15, 0.2) is 54.9 Å². The molecule has 2 aromatic heterocycles. The lowest BCUT2D eigenvalue weighted by atomic mass is 10.0. The molecule has 4 aromatic rings. The van der Waals surface area contributed by atoms with E-state index in [9.17, 15) is 25.2 Å². The Morgan fingerprint density at radius 1 is 1.08 bits per heavy atom. The molecule has 12 nitrogen and oxygen atoms in total. The molecule has 2 aromatic carbocycles. The Morgan fingerprint density at radius 3 is 2.56 bits per heavy atom. The van der Waals surface area contributed by atoms with Gasteiger partial charge in [0.05, 0.1) is 12.2 Å². The fraction of sp³-hybridized carbons (Fsp3) is 0.250. The van der Waals surface area contributed by atoms with Crippen molar-refractivity contribution in [1.29, 1.82) is 0 Å². The molecule has 1 aliphatic rings. The van der Waals surface area contributed by atoms with Gasteiger partial charge in [0.2, 0.25) is 5.95 Å². The van der Waals surface area contributed by atoms with Gasteiger partial charge < -0.3 is 36.2 Å². The number of nitrogen functional groups attached to an aromatic ring is 1. The van der Waals surface area contributed by atoms with Crippen LogP contribution in [-0.2, 0) is 11.3 Å². The number of nitrogens with two attached hydrogens (primary N) is 1. The van der Waals surface area contributed by atoms with Crippen molar-refractivity contribution in [2.75, 3.05) is 17.7 Å². The van der Waals surface area contributed by atoms with E-state index >= 15 is 0 Å². The van der Waals surface area contributed by atoms with E-state index in [0.29, 0.717) is 17.7 Å². The summed E-state index contributed by atoms with van der Waals surface area (Å²) in [6.45, 7) is -0.135. The van der Waals surface area contributed by atoms with Crippen LogP contribution in [0.2, 0.25) is 0 Å². The number of imidazole rings is 1. The lowest BCUT2D eigenvalue weighted by molar-refractivity contribution is -0.0501. The van der Waals surface area contributed by atoms with Crippen LogP contribution in [0.25, 0.3) is 22.3 Å². The highest BCUT2D eigenvalue weighted by atomic mass is 16.6. The fourth-order valence-corrected chi connectivity index (χ4v) is 4.21. The van der Waals surface area contributed by atoms with Crippen LogP contribution in [0.5, 0.6) is 0 Å². The number of fused-ring (bicyclic) bond motifs is 1. The second-order valence-corrected chi connectivity index (χ2v) is 8.40. The lowest BCUT2D eigenvalue weighted by Crippen LogP contribution is -2.33. The average molecular weight is 492 g/mol. The second-order valence-electron chi connectivity index (χ2n) is 8.40. The van der Waals surface area contributed by atoms with Crippen molar-refractivity contribution in [3.63, 3.8) is 0 Å². The highest BCUT2D eigenvalue weighted by molar-refractivity contribution is 5.89. The van der Waals surface area contributed by atoms with Gasteiger partial charge in [0.1, 0.15) is 24.6 Å². The maximum absolute atomic E-state index is 11.3. The first-order valence-electron chi connectivity index (χ1n) is 11.1. The number of hydrogen-bond acceptors (Lipinski definition) is 10. The predicted molar refractivity (Wildman–Crippen MR) is 129 cm³/mol. The number of carboxylic acid groups (broad SMARTS) is 1. The van der Waals surface area contributed by atoms with Crippen LogP contribution in [0.1, 0.15) is 22.1 Å². The molecule has 0 radical (unpaired) electrons. The first kappa shape index (κ1) is 23.6. The molecule has 0 saturated carbocycles. The fourth-order valence-electron chi connectivity index (χ4n) is 4.21. The number of nitrogens with zero attached hydrogens (tertiary/aromatic N) is 4. The van der Waals surface area contributed by atoms with E-state index in [1.807, 2.05) is 30.3 Å². The lowest BCUT2D eigenvalue weighted by Gasteiger charge is -2.19. The Labute approximate surface area is 204 Å². The van der Waals surface area contributed by atoms with Crippen molar-refractivity contribution in [3.8, 4) is 11.1 Å². The summed E-state index contributed by atoms with van der Waals surface area (Å²) in [7, 11) is 0. The standard InChI is InChI=1S/C24H24N6O6/c25-20-17-21(28-11-27-20)30(22-19(33)18(32)16(10-31)36-22)24(29-17)26-9-12-4-6-13(7-5-12)14-2-1-3-15(8-14)23(34)35/h1-8,11,16,18-19,22,31-33H,9-10H2,(H,26,29)(H,34,35)(H2,25,27,28)/t16-,18-,19-,22-/m1/s1. The Morgan fingerprint density at radius 2 is 1.86 bits per heavy atom. The smallest absolute Gasteiger partial charge is 0.335 e. The number of aliphatic hydroxyl groups is 3. The molecule has 0 unspecified atom stereocenters. The number of aromatic nitrogens is 4. The molecule has 1 fully saturated rings. The van der Waals surface area contributed by atoms with E-state index in [4.69, 9.17) is 10.5 Å². The number of rotatable bonds is 7. The third-order valence-electron chi connectivity index (χ3n) is 6.12. The van der Waals surface area contributed by atoms with E-state index in [0.717, 1.165) is 16.7 Å². The number of benzene rings is 2. The van der Waals surface area contributed by atoms with E-state index in [2.05, 4.69) is 20.3 Å². The highest BCUT2D eigenvalue weighted by Gasteiger charge is 2.45. The summed E-state index contributed by atoms with van der Waals surface area (Å²) in [5.74, 6) is -0.563. The summed E-state index contributed by atoms with van der Waals surface area (Å²) in [5, 5.41) is 42.7. The Bertz CT molecular complexity index is 1410. The Hall–Kier alpha value is -4.10. The summed E-state index contributed by atoms with van der Waals surface area (Å²) >= 11 is 0. The maximum atomic E-state index is 11.3. The molecule has 1 aliphatic heterocycles. The molecule has 36 heavy (non-hydrogen) atoms. The third kappa shape index (κ3) is 4.22. The van der Waals surface area contributed by atoms with Gasteiger partial charge in [-0.3, -0.25) is 4.57 Å². The molecule has 0 aliphatic carbocycles. The number of aliphatic hydroxyl groups excluding tert-OH is 3. The molecule has 4 atom stereocenters. The zero-order valence-electron chi connectivity index (χ0n) is 18.9. The van der Waals surface area contributed by atoms with Crippen molar-refractivity contribution >= 4 is 28.9 Å². The normalized spacial score (nSPS) is 21.6. The summed E-state index contributed by atoms with van der Waals surface area (Å²) in [6, 6.07) is 14.3. The van der Waals surface area contributed by atoms with Gasteiger partial charge in [-0.2, -0.15) is 0 Å². The van der Waals surface area contributed by atoms with Crippen LogP contribution in [-0.4, -0.2) is 70.8 Å². The molecule has 7 N–H and O–H groups in total. The molecule has 186 valence electrons. The van der Waals surface area contributed by atoms with E-state index in [1.54, 1.807) is 18.2 Å². The van der Waals surface area contributed by atoms with Gasteiger partial charge in [-0.1, -0.05) is 36.4 Å². The molecular weight excluding hydrogens is 468 g/mol. The van der Waals surface area contributed by atoms with Gasteiger partial charge in [0.25, 0.3) is 0 Å². The summed E-state index contributed by atoms with van der Waals surface area (Å²) in [4.78, 5) is 23.9.